The number of carbonyl (C=O) groups is 2. The largest absolute Gasteiger partial charge is 0.274 e. The topological polar surface area (TPSA) is 37.4 Å². The standard InChI is InChI=1S/C21H25NO2/c1-15(2)13-14-22(20(23)18-9-5-16(3)6-10-18)21(24)19-11-7-17(4)8-12-19/h5-12,15H,13-14H2,1-4H3. The van der Waals surface area contributed by atoms with Crippen molar-refractivity contribution >= 4 is 11.8 Å². The number of imide groups is 1. The van der Waals surface area contributed by atoms with E-state index in [1.165, 1.54) is 4.90 Å². The summed E-state index contributed by atoms with van der Waals surface area (Å²) in [4.78, 5) is 27.1. The Hall–Kier alpha value is -2.42. The van der Waals surface area contributed by atoms with Crippen molar-refractivity contribution in [3.63, 3.8) is 0 Å². The van der Waals surface area contributed by atoms with Crippen molar-refractivity contribution in [2.75, 3.05) is 6.54 Å². The summed E-state index contributed by atoms with van der Waals surface area (Å²) in [5.41, 5.74) is 3.27. The van der Waals surface area contributed by atoms with Crippen LogP contribution in [0.3, 0.4) is 0 Å². The maximum absolute atomic E-state index is 12.9. The molecule has 0 aliphatic rings. The molecule has 126 valence electrons. The summed E-state index contributed by atoms with van der Waals surface area (Å²) in [6.07, 6.45) is 0.787. The van der Waals surface area contributed by atoms with E-state index in [1.54, 1.807) is 24.3 Å². The highest BCUT2D eigenvalue weighted by Crippen LogP contribution is 2.14. The molecule has 2 amide bonds. The van der Waals surface area contributed by atoms with Crippen LogP contribution in [0.4, 0.5) is 0 Å². The molecule has 0 aliphatic carbocycles. The molecule has 0 aromatic heterocycles. The third kappa shape index (κ3) is 4.54. The van der Waals surface area contributed by atoms with E-state index < -0.39 is 0 Å². The molecule has 0 fully saturated rings. The quantitative estimate of drug-likeness (QED) is 0.752. The van der Waals surface area contributed by atoms with Crippen LogP contribution in [0.15, 0.2) is 48.5 Å². The van der Waals surface area contributed by atoms with Crippen LogP contribution < -0.4 is 0 Å². The first kappa shape index (κ1) is 17.9. The Balaban J connectivity index is 2.29. The lowest BCUT2D eigenvalue weighted by molar-refractivity contribution is 0.0609. The van der Waals surface area contributed by atoms with E-state index in [0.29, 0.717) is 23.6 Å². The Morgan fingerprint density at radius 1 is 0.792 bits per heavy atom. The minimum absolute atomic E-state index is 0.235. The molecule has 2 aromatic carbocycles. The molecule has 0 atom stereocenters. The lowest BCUT2D eigenvalue weighted by Crippen LogP contribution is -2.38. The number of carbonyl (C=O) groups excluding carboxylic acids is 2. The minimum atomic E-state index is -0.235. The molecule has 24 heavy (non-hydrogen) atoms. The van der Waals surface area contributed by atoms with Gasteiger partial charge >= 0.3 is 0 Å². The van der Waals surface area contributed by atoms with Crippen LogP contribution in [0.25, 0.3) is 0 Å². The van der Waals surface area contributed by atoms with Crippen LogP contribution in [0, 0.1) is 19.8 Å². The van der Waals surface area contributed by atoms with Crippen molar-refractivity contribution in [3.05, 3.63) is 70.8 Å². The van der Waals surface area contributed by atoms with Gasteiger partial charge in [-0.1, -0.05) is 49.2 Å². The van der Waals surface area contributed by atoms with Crippen molar-refractivity contribution in [2.45, 2.75) is 34.1 Å². The first-order valence-corrected chi connectivity index (χ1v) is 8.38. The number of aryl methyl sites for hydroxylation is 2. The fourth-order valence-electron chi connectivity index (χ4n) is 2.39. The van der Waals surface area contributed by atoms with Gasteiger partial charge in [0.1, 0.15) is 0 Å². The second-order valence-corrected chi connectivity index (χ2v) is 6.68. The Bertz CT molecular complexity index is 642. The van der Waals surface area contributed by atoms with Crippen LogP contribution in [0.1, 0.15) is 52.1 Å². The SMILES string of the molecule is Cc1ccc(C(=O)N(CCC(C)C)C(=O)c2ccc(C)cc2)cc1. The lowest BCUT2D eigenvalue weighted by Gasteiger charge is -2.22. The molecule has 0 spiro atoms. The predicted octanol–water partition coefficient (Wildman–Crippen LogP) is 4.63. The van der Waals surface area contributed by atoms with Gasteiger partial charge < -0.3 is 0 Å². The number of amides is 2. The molecule has 0 heterocycles. The summed E-state index contributed by atoms with van der Waals surface area (Å²) >= 11 is 0. The van der Waals surface area contributed by atoms with Gasteiger partial charge in [0.2, 0.25) is 0 Å². The summed E-state index contributed by atoms with van der Waals surface area (Å²) in [7, 11) is 0. The van der Waals surface area contributed by atoms with E-state index >= 15 is 0 Å². The second-order valence-electron chi connectivity index (χ2n) is 6.68. The number of benzene rings is 2. The highest BCUT2D eigenvalue weighted by Gasteiger charge is 2.24. The van der Waals surface area contributed by atoms with Crippen LogP contribution >= 0.6 is 0 Å². The molecule has 0 radical (unpaired) electrons. The second kappa shape index (κ2) is 7.91. The molecular formula is C21H25NO2. The number of nitrogens with zero attached hydrogens (tertiary/aromatic N) is 1. The molecule has 2 rings (SSSR count). The molecule has 0 saturated carbocycles. The maximum atomic E-state index is 12.9. The zero-order valence-corrected chi connectivity index (χ0v) is 14.9. The average molecular weight is 323 g/mol. The third-order valence-corrected chi connectivity index (χ3v) is 4.02. The zero-order chi connectivity index (χ0) is 17.7. The molecule has 0 bridgehead atoms. The van der Waals surface area contributed by atoms with E-state index in [2.05, 4.69) is 13.8 Å². The normalized spacial score (nSPS) is 10.7. The highest BCUT2D eigenvalue weighted by atomic mass is 16.2. The number of rotatable bonds is 5. The van der Waals surface area contributed by atoms with Gasteiger partial charge in [-0.3, -0.25) is 14.5 Å². The fourth-order valence-corrected chi connectivity index (χ4v) is 2.39. The third-order valence-electron chi connectivity index (χ3n) is 4.02. The van der Waals surface area contributed by atoms with E-state index in [0.717, 1.165) is 17.5 Å². The van der Waals surface area contributed by atoms with Crippen molar-refractivity contribution < 1.29 is 9.59 Å². The van der Waals surface area contributed by atoms with Gasteiger partial charge in [-0.25, -0.2) is 0 Å². The molecule has 3 nitrogen and oxygen atoms in total. The summed E-state index contributed by atoms with van der Waals surface area (Å²) < 4.78 is 0. The Kier molecular flexibility index (Phi) is 5.91. The lowest BCUT2D eigenvalue weighted by atomic mass is 10.1. The van der Waals surface area contributed by atoms with Gasteiger partial charge in [0, 0.05) is 17.7 Å². The van der Waals surface area contributed by atoms with Gasteiger partial charge in [-0.15, -0.1) is 0 Å². The molecule has 0 N–H and O–H groups in total. The van der Waals surface area contributed by atoms with E-state index in [1.807, 2.05) is 38.1 Å². The van der Waals surface area contributed by atoms with Gasteiger partial charge in [0.05, 0.1) is 0 Å². The summed E-state index contributed by atoms with van der Waals surface area (Å²) in [5.74, 6) is -0.0495. The van der Waals surface area contributed by atoms with Crippen LogP contribution in [-0.4, -0.2) is 23.3 Å². The van der Waals surface area contributed by atoms with E-state index in [-0.39, 0.29) is 11.8 Å². The van der Waals surface area contributed by atoms with Crippen molar-refractivity contribution in [1.29, 1.82) is 0 Å². The zero-order valence-electron chi connectivity index (χ0n) is 14.9. The van der Waals surface area contributed by atoms with Crippen molar-refractivity contribution in [3.8, 4) is 0 Å². The van der Waals surface area contributed by atoms with Gasteiger partial charge in [-0.2, -0.15) is 0 Å². The van der Waals surface area contributed by atoms with Gasteiger partial charge in [-0.05, 0) is 50.5 Å². The average Bonchev–Trinajstić information content (AvgIpc) is 2.55. The first-order chi connectivity index (χ1) is 11.4. The fraction of sp³-hybridized carbons (Fsp3) is 0.333. The monoisotopic (exact) mass is 323 g/mol. The number of hydrogen-bond acceptors (Lipinski definition) is 2. The van der Waals surface area contributed by atoms with Crippen LogP contribution in [-0.2, 0) is 0 Å². The van der Waals surface area contributed by atoms with Gasteiger partial charge in [0.25, 0.3) is 11.8 Å². The Morgan fingerprint density at radius 3 is 1.50 bits per heavy atom. The molecule has 0 saturated heterocycles. The Morgan fingerprint density at radius 2 is 1.17 bits per heavy atom. The molecule has 3 heteroatoms. The smallest absolute Gasteiger partial charge is 0.260 e. The number of hydrogen-bond donors (Lipinski definition) is 0. The van der Waals surface area contributed by atoms with E-state index in [4.69, 9.17) is 0 Å². The summed E-state index contributed by atoms with van der Waals surface area (Å²) in [5, 5.41) is 0. The maximum Gasteiger partial charge on any atom is 0.260 e. The first-order valence-electron chi connectivity index (χ1n) is 8.38. The predicted molar refractivity (Wildman–Crippen MR) is 97.2 cm³/mol. The molecule has 2 aromatic rings. The molecular weight excluding hydrogens is 298 g/mol. The summed E-state index contributed by atoms with van der Waals surface area (Å²) in [6.45, 7) is 8.55. The summed E-state index contributed by atoms with van der Waals surface area (Å²) in [6, 6.07) is 14.7. The van der Waals surface area contributed by atoms with Crippen LogP contribution in [0.5, 0.6) is 0 Å². The van der Waals surface area contributed by atoms with E-state index in [9.17, 15) is 9.59 Å². The van der Waals surface area contributed by atoms with Crippen molar-refractivity contribution in [1.82, 2.24) is 4.90 Å². The van der Waals surface area contributed by atoms with Crippen molar-refractivity contribution in [2.24, 2.45) is 5.92 Å². The minimum Gasteiger partial charge on any atom is -0.274 e. The molecule has 0 unspecified atom stereocenters. The highest BCUT2D eigenvalue weighted by molar-refractivity contribution is 6.10. The van der Waals surface area contributed by atoms with Crippen LogP contribution in [0.2, 0.25) is 0 Å². The Labute approximate surface area is 144 Å². The molecule has 0 aliphatic heterocycles. The van der Waals surface area contributed by atoms with Gasteiger partial charge in [0.15, 0.2) is 0 Å².